The van der Waals surface area contributed by atoms with E-state index >= 15 is 0 Å². The smallest absolute Gasteiger partial charge is 0.362 e. The molecule has 2 aromatic heterocycles. The summed E-state index contributed by atoms with van der Waals surface area (Å²) < 4.78 is 41.1. The number of aromatic nitrogens is 2. The Hall–Kier alpha value is -4.04. The van der Waals surface area contributed by atoms with E-state index in [0.29, 0.717) is 10.6 Å². The second-order valence-corrected chi connectivity index (χ2v) is 12.2. The highest BCUT2D eigenvalue weighted by molar-refractivity contribution is 7.86. The molecule has 3 aromatic carbocycles. The number of aryl methyl sites for hydroxylation is 1. The molecule has 0 spiro atoms. The number of carbonyl (C=O) groups excluding carboxylic acids is 1. The summed E-state index contributed by atoms with van der Waals surface area (Å²) >= 11 is 2.97. The number of hydrogen-bond acceptors (Lipinski definition) is 11. The fraction of sp³-hybridized carbons (Fsp3) is 0.148. The number of hydrogen-bond donors (Lipinski definition) is 2. The molecule has 40 heavy (non-hydrogen) atoms. The molecule has 0 bridgehead atoms. The zero-order chi connectivity index (χ0) is 28.6. The predicted octanol–water partition coefficient (Wildman–Crippen LogP) is 7.23. The summed E-state index contributed by atoms with van der Waals surface area (Å²) in [5, 5.41) is 18.6. The molecular weight excluding hydrogens is 573 g/mol. The van der Waals surface area contributed by atoms with Gasteiger partial charge >= 0.3 is 5.97 Å². The molecule has 2 N–H and O–H groups in total. The number of azo groups is 1. The number of aliphatic hydroxyl groups is 1. The number of thiazole rings is 2. The van der Waals surface area contributed by atoms with Gasteiger partial charge in [0.15, 0.2) is 0 Å². The Morgan fingerprint density at radius 3 is 2.17 bits per heavy atom. The van der Waals surface area contributed by atoms with E-state index in [9.17, 15) is 22.9 Å². The number of nitrogens with zero attached hydrogens (tertiary/aromatic N) is 4. The number of carbonyl (C=O) groups is 1. The van der Waals surface area contributed by atoms with Gasteiger partial charge in [-0.25, -0.2) is 14.8 Å². The zero-order valence-corrected chi connectivity index (χ0v) is 23.9. The Labute approximate surface area is 237 Å². The summed E-state index contributed by atoms with van der Waals surface area (Å²) in [7, 11) is -4.73. The molecule has 2 heterocycles. The van der Waals surface area contributed by atoms with Gasteiger partial charge in [-0.05, 0) is 74.9 Å². The third-order valence-electron chi connectivity index (χ3n) is 5.73. The first-order valence-corrected chi connectivity index (χ1v) is 15.0. The minimum absolute atomic E-state index is 0.0417. The quantitative estimate of drug-likeness (QED) is 0.0658. The number of aliphatic hydroxyl groups excluding tert-OH is 1. The first-order valence-electron chi connectivity index (χ1n) is 11.9. The molecule has 5 rings (SSSR count). The number of esters is 1. The SMILES string of the molecule is CCOC(=O)C(N=Nc1ccc(-c2nc3ccc(-c4nc5ccc(C)cc5s4)cc3s2)cc1S(=O)(=O)O)=C(C)O. The average Bonchev–Trinajstić information content (AvgIpc) is 3.51. The summed E-state index contributed by atoms with van der Waals surface area (Å²) in [5.74, 6) is -1.38. The third kappa shape index (κ3) is 5.63. The molecule has 0 saturated carbocycles. The zero-order valence-electron chi connectivity index (χ0n) is 21.4. The molecule has 0 amide bonds. The normalized spacial score (nSPS) is 12.8. The number of allylic oxidation sites excluding steroid dienone is 1. The lowest BCUT2D eigenvalue weighted by Gasteiger charge is -2.05. The van der Waals surface area contributed by atoms with Crippen LogP contribution in [0.2, 0.25) is 0 Å². The molecular formula is C27H22N4O6S3. The van der Waals surface area contributed by atoms with Crippen LogP contribution in [0, 0.1) is 6.92 Å². The minimum atomic E-state index is -4.73. The van der Waals surface area contributed by atoms with Gasteiger partial charge in [0, 0.05) is 11.1 Å². The van der Waals surface area contributed by atoms with Crippen molar-refractivity contribution < 1.29 is 27.6 Å². The van der Waals surface area contributed by atoms with Gasteiger partial charge in [-0.15, -0.1) is 32.9 Å². The van der Waals surface area contributed by atoms with Crippen LogP contribution >= 0.6 is 22.7 Å². The van der Waals surface area contributed by atoms with Crippen molar-refractivity contribution in [1.29, 1.82) is 0 Å². The van der Waals surface area contributed by atoms with Gasteiger partial charge in [0.1, 0.15) is 26.4 Å². The van der Waals surface area contributed by atoms with Crippen LogP contribution in [0.25, 0.3) is 41.6 Å². The van der Waals surface area contributed by atoms with Crippen molar-refractivity contribution in [3.8, 4) is 21.1 Å². The van der Waals surface area contributed by atoms with Crippen molar-refractivity contribution in [1.82, 2.24) is 9.97 Å². The number of rotatable bonds is 7. The summed E-state index contributed by atoms with van der Waals surface area (Å²) in [6, 6.07) is 16.1. The van der Waals surface area contributed by atoms with Crippen molar-refractivity contribution in [2.45, 2.75) is 25.7 Å². The lowest BCUT2D eigenvalue weighted by Crippen LogP contribution is -2.07. The van der Waals surface area contributed by atoms with E-state index in [-0.39, 0.29) is 12.3 Å². The van der Waals surface area contributed by atoms with Gasteiger partial charge in [-0.3, -0.25) is 4.55 Å². The Morgan fingerprint density at radius 2 is 1.55 bits per heavy atom. The second kappa shape index (κ2) is 10.8. The first kappa shape index (κ1) is 27.5. The summed E-state index contributed by atoms with van der Waals surface area (Å²) in [6.45, 7) is 4.88. The Morgan fingerprint density at radius 1 is 0.950 bits per heavy atom. The van der Waals surface area contributed by atoms with Crippen LogP contribution in [0.3, 0.4) is 0 Å². The first-order chi connectivity index (χ1) is 19.0. The van der Waals surface area contributed by atoms with E-state index < -0.39 is 32.4 Å². The maximum absolute atomic E-state index is 12.2. The largest absolute Gasteiger partial charge is 0.510 e. The van der Waals surface area contributed by atoms with Crippen LogP contribution in [0.15, 0.2) is 81.2 Å². The van der Waals surface area contributed by atoms with E-state index in [1.165, 1.54) is 36.0 Å². The highest BCUT2D eigenvalue weighted by Crippen LogP contribution is 2.38. The third-order valence-corrected chi connectivity index (χ3v) is 8.75. The fourth-order valence-electron chi connectivity index (χ4n) is 3.84. The van der Waals surface area contributed by atoms with Crippen molar-refractivity contribution >= 4 is 64.9 Å². The Balaban J connectivity index is 1.51. The minimum Gasteiger partial charge on any atom is -0.510 e. The Bertz CT molecular complexity index is 1950. The molecule has 204 valence electrons. The van der Waals surface area contributed by atoms with Gasteiger partial charge in [-0.1, -0.05) is 6.07 Å². The molecule has 0 unspecified atom stereocenters. The molecule has 0 aliphatic rings. The van der Waals surface area contributed by atoms with Crippen LogP contribution in [0.5, 0.6) is 0 Å². The van der Waals surface area contributed by atoms with E-state index in [4.69, 9.17) is 9.72 Å². The average molecular weight is 595 g/mol. The number of benzene rings is 3. The molecule has 0 aliphatic heterocycles. The monoisotopic (exact) mass is 594 g/mol. The molecule has 0 atom stereocenters. The van der Waals surface area contributed by atoms with E-state index in [2.05, 4.69) is 21.3 Å². The maximum Gasteiger partial charge on any atom is 0.362 e. The van der Waals surface area contributed by atoms with Crippen molar-refractivity contribution in [3.63, 3.8) is 0 Å². The van der Waals surface area contributed by atoms with Crippen molar-refractivity contribution in [3.05, 3.63) is 71.6 Å². The second-order valence-electron chi connectivity index (χ2n) is 8.70. The van der Waals surface area contributed by atoms with E-state index in [1.807, 2.05) is 37.3 Å². The maximum atomic E-state index is 12.2. The van der Waals surface area contributed by atoms with Gasteiger partial charge in [0.2, 0.25) is 5.70 Å². The van der Waals surface area contributed by atoms with Crippen LogP contribution in [0.1, 0.15) is 19.4 Å². The Kier molecular flexibility index (Phi) is 7.47. The van der Waals surface area contributed by atoms with Crippen LogP contribution in [0.4, 0.5) is 5.69 Å². The number of ether oxygens (including phenoxy) is 1. The highest BCUT2D eigenvalue weighted by atomic mass is 32.2. The van der Waals surface area contributed by atoms with Gasteiger partial charge in [0.05, 0.1) is 27.0 Å². The standard InChI is InChI=1S/C27H22N4O6S3/c1-4-37-27(33)24(15(3)32)31-30-20-10-7-17(13-23(20)40(34,35)36)26-29-19-9-6-16(12-22(19)39-26)25-28-18-8-5-14(2)11-21(18)38-25/h5-13,32H,4H2,1-3H3,(H,34,35,36). The molecule has 0 saturated heterocycles. The molecule has 13 heteroatoms. The lowest BCUT2D eigenvalue weighted by molar-refractivity contribution is -0.138. The summed E-state index contributed by atoms with van der Waals surface area (Å²) in [4.78, 5) is 20.9. The van der Waals surface area contributed by atoms with Crippen molar-refractivity contribution in [2.75, 3.05) is 6.61 Å². The van der Waals surface area contributed by atoms with Gasteiger partial charge < -0.3 is 9.84 Å². The topological polar surface area (TPSA) is 151 Å². The molecule has 0 radical (unpaired) electrons. The summed E-state index contributed by atoms with van der Waals surface area (Å²) in [5.41, 5.74) is 3.48. The number of fused-ring (bicyclic) bond motifs is 2. The van der Waals surface area contributed by atoms with Crippen LogP contribution in [-0.4, -0.2) is 40.6 Å². The predicted molar refractivity (Wildman–Crippen MR) is 155 cm³/mol. The molecule has 5 aromatic rings. The van der Waals surface area contributed by atoms with E-state index in [0.717, 1.165) is 31.0 Å². The van der Waals surface area contributed by atoms with E-state index in [1.54, 1.807) is 24.3 Å². The molecule has 10 nitrogen and oxygen atoms in total. The van der Waals surface area contributed by atoms with Crippen molar-refractivity contribution in [2.24, 2.45) is 10.2 Å². The summed E-state index contributed by atoms with van der Waals surface area (Å²) in [6.07, 6.45) is 0. The van der Waals surface area contributed by atoms with Gasteiger partial charge in [-0.2, -0.15) is 8.42 Å². The van der Waals surface area contributed by atoms with Crippen LogP contribution < -0.4 is 0 Å². The fourth-order valence-corrected chi connectivity index (χ4v) is 6.55. The molecule has 0 fully saturated rings. The molecule has 0 aliphatic carbocycles. The highest BCUT2D eigenvalue weighted by Gasteiger charge is 2.20. The lowest BCUT2D eigenvalue weighted by atomic mass is 10.2. The van der Waals surface area contributed by atoms with Gasteiger partial charge in [0.25, 0.3) is 10.1 Å². The van der Waals surface area contributed by atoms with Crippen LogP contribution in [-0.2, 0) is 19.6 Å².